The van der Waals surface area contributed by atoms with Crippen LogP contribution in [-0.4, -0.2) is 12.6 Å². The van der Waals surface area contributed by atoms with Crippen LogP contribution in [0.15, 0.2) is 0 Å². The highest BCUT2D eigenvalue weighted by Crippen LogP contribution is 2.28. The smallest absolute Gasteiger partial charge is 0.0118 e. The molecule has 0 radical (unpaired) electrons. The maximum Gasteiger partial charge on any atom is 0.0118 e. The van der Waals surface area contributed by atoms with Gasteiger partial charge in [-0.1, -0.05) is 66.7 Å². The van der Waals surface area contributed by atoms with Crippen LogP contribution in [0.1, 0.15) is 79.6 Å². The zero-order valence-electron chi connectivity index (χ0n) is 12.2. The Bertz CT molecular complexity index is 152. The lowest BCUT2D eigenvalue weighted by Crippen LogP contribution is -2.41. The van der Waals surface area contributed by atoms with Crippen LogP contribution in [-0.2, 0) is 0 Å². The van der Waals surface area contributed by atoms with Gasteiger partial charge in [0.25, 0.3) is 0 Å². The fraction of sp³-hybridized carbons (Fsp3) is 1.00. The summed E-state index contributed by atoms with van der Waals surface area (Å²) in [6, 6.07) is 0.698. The van der Waals surface area contributed by atoms with Gasteiger partial charge in [0.2, 0.25) is 0 Å². The Hall–Kier alpha value is -0.0400. The lowest BCUT2D eigenvalue weighted by molar-refractivity contribution is 0.218. The molecule has 1 N–H and O–H groups in total. The van der Waals surface area contributed by atoms with Gasteiger partial charge in [-0.05, 0) is 24.8 Å². The summed E-state index contributed by atoms with van der Waals surface area (Å²) in [4.78, 5) is 0. The summed E-state index contributed by atoms with van der Waals surface area (Å²) in [7, 11) is 0. The highest BCUT2D eigenvalue weighted by molar-refractivity contribution is 4.82. The summed E-state index contributed by atoms with van der Waals surface area (Å²) in [6.45, 7) is 12.7. The number of rotatable bonds is 10. The number of hydrogen-bond acceptors (Lipinski definition) is 1. The van der Waals surface area contributed by atoms with Crippen LogP contribution >= 0.6 is 0 Å². The zero-order chi connectivity index (χ0) is 12.4. The third kappa shape index (κ3) is 6.52. The fourth-order valence-electron chi connectivity index (χ4n) is 2.21. The molecule has 0 aromatic rings. The molecule has 0 bridgehead atoms. The third-order valence-corrected chi connectivity index (χ3v) is 3.90. The van der Waals surface area contributed by atoms with Crippen molar-refractivity contribution >= 4 is 0 Å². The van der Waals surface area contributed by atoms with E-state index in [4.69, 9.17) is 0 Å². The van der Waals surface area contributed by atoms with Gasteiger partial charge >= 0.3 is 0 Å². The summed E-state index contributed by atoms with van der Waals surface area (Å²) in [5, 5.41) is 3.66. The van der Waals surface area contributed by atoms with Gasteiger partial charge in [-0.25, -0.2) is 0 Å². The van der Waals surface area contributed by atoms with E-state index in [0.717, 1.165) is 6.54 Å². The van der Waals surface area contributed by atoms with Crippen LogP contribution in [0.5, 0.6) is 0 Å². The monoisotopic (exact) mass is 227 g/mol. The van der Waals surface area contributed by atoms with Crippen molar-refractivity contribution in [1.82, 2.24) is 5.32 Å². The molecule has 0 rings (SSSR count). The molecule has 0 aliphatic rings. The standard InChI is InChI=1S/C15H33N/c1-6-9-10-11-12-13-14(16-8-3)15(4,5)7-2/h14,16H,6-13H2,1-5H3. The second-order valence-corrected chi connectivity index (χ2v) is 5.66. The van der Waals surface area contributed by atoms with Gasteiger partial charge in [-0.2, -0.15) is 0 Å². The van der Waals surface area contributed by atoms with Crippen LogP contribution in [0.2, 0.25) is 0 Å². The van der Waals surface area contributed by atoms with Gasteiger partial charge in [0.1, 0.15) is 0 Å². The molecular formula is C15H33N. The lowest BCUT2D eigenvalue weighted by atomic mass is 9.79. The summed E-state index contributed by atoms with van der Waals surface area (Å²) in [5.74, 6) is 0. The second-order valence-electron chi connectivity index (χ2n) is 5.66. The number of hydrogen-bond donors (Lipinski definition) is 1. The minimum Gasteiger partial charge on any atom is -0.314 e. The Morgan fingerprint density at radius 2 is 1.56 bits per heavy atom. The van der Waals surface area contributed by atoms with Crippen LogP contribution in [0.25, 0.3) is 0 Å². The Balaban J connectivity index is 3.85. The Morgan fingerprint density at radius 1 is 0.938 bits per heavy atom. The van der Waals surface area contributed by atoms with E-state index in [0.29, 0.717) is 11.5 Å². The van der Waals surface area contributed by atoms with E-state index in [1.807, 2.05) is 0 Å². The second kappa shape index (κ2) is 9.04. The molecule has 0 saturated carbocycles. The number of nitrogens with one attached hydrogen (secondary N) is 1. The van der Waals surface area contributed by atoms with E-state index in [9.17, 15) is 0 Å². The first-order chi connectivity index (χ1) is 7.58. The largest absolute Gasteiger partial charge is 0.314 e. The van der Waals surface area contributed by atoms with Gasteiger partial charge in [0, 0.05) is 6.04 Å². The van der Waals surface area contributed by atoms with E-state index in [1.54, 1.807) is 0 Å². The van der Waals surface area contributed by atoms with Gasteiger partial charge in [-0.3, -0.25) is 0 Å². The van der Waals surface area contributed by atoms with Crippen molar-refractivity contribution in [3.05, 3.63) is 0 Å². The quantitative estimate of drug-likeness (QED) is 0.531. The minimum absolute atomic E-state index is 0.445. The van der Waals surface area contributed by atoms with Crippen LogP contribution in [0, 0.1) is 5.41 Å². The summed E-state index contributed by atoms with van der Waals surface area (Å²) in [6.07, 6.45) is 9.58. The molecule has 0 fully saturated rings. The van der Waals surface area contributed by atoms with Crippen molar-refractivity contribution < 1.29 is 0 Å². The topological polar surface area (TPSA) is 12.0 Å². The summed E-state index contributed by atoms with van der Waals surface area (Å²) < 4.78 is 0. The van der Waals surface area contributed by atoms with Gasteiger partial charge in [-0.15, -0.1) is 0 Å². The van der Waals surface area contributed by atoms with Crippen molar-refractivity contribution in [2.24, 2.45) is 5.41 Å². The lowest BCUT2D eigenvalue weighted by Gasteiger charge is -2.34. The maximum atomic E-state index is 3.66. The third-order valence-electron chi connectivity index (χ3n) is 3.90. The Kier molecular flexibility index (Phi) is 9.02. The molecule has 1 unspecified atom stereocenters. The first kappa shape index (κ1) is 16.0. The molecule has 16 heavy (non-hydrogen) atoms. The van der Waals surface area contributed by atoms with Crippen molar-refractivity contribution in [3.8, 4) is 0 Å². The molecule has 0 aromatic carbocycles. The molecule has 0 heterocycles. The molecule has 0 aliphatic carbocycles. The number of unbranched alkanes of at least 4 members (excludes halogenated alkanes) is 4. The minimum atomic E-state index is 0.445. The van der Waals surface area contributed by atoms with Crippen molar-refractivity contribution in [2.75, 3.05) is 6.54 Å². The highest BCUT2D eigenvalue weighted by atomic mass is 14.9. The van der Waals surface area contributed by atoms with Crippen molar-refractivity contribution in [2.45, 2.75) is 85.6 Å². The molecule has 0 spiro atoms. The molecule has 1 heteroatoms. The zero-order valence-corrected chi connectivity index (χ0v) is 12.2. The average Bonchev–Trinajstić information content (AvgIpc) is 2.27. The SMILES string of the molecule is CCCCCCCC(NCC)C(C)(C)CC. The normalized spacial score (nSPS) is 14.1. The van der Waals surface area contributed by atoms with E-state index in [-0.39, 0.29) is 0 Å². The van der Waals surface area contributed by atoms with Gasteiger partial charge in [0.15, 0.2) is 0 Å². The van der Waals surface area contributed by atoms with E-state index in [1.165, 1.54) is 44.9 Å². The van der Waals surface area contributed by atoms with Crippen molar-refractivity contribution in [1.29, 1.82) is 0 Å². The first-order valence-corrected chi connectivity index (χ1v) is 7.31. The summed E-state index contributed by atoms with van der Waals surface area (Å²) >= 11 is 0. The molecule has 1 nitrogen and oxygen atoms in total. The van der Waals surface area contributed by atoms with E-state index >= 15 is 0 Å². The van der Waals surface area contributed by atoms with Crippen LogP contribution in [0.4, 0.5) is 0 Å². The van der Waals surface area contributed by atoms with Crippen LogP contribution < -0.4 is 5.32 Å². The average molecular weight is 227 g/mol. The molecular weight excluding hydrogens is 194 g/mol. The molecule has 98 valence electrons. The van der Waals surface area contributed by atoms with Crippen molar-refractivity contribution in [3.63, 3.8) is 0 Å². The van der Waals surface area contributed by atoms with E-state index < -0.39 is 0 Å². The molecule has 0 amide bonds. The van der Waals surface area contributed by atoms with E-state index in [2.05, 4.69) is 39.9 Å². The van der Waals surface area contributed by atoms with Crippen LogP contribution in [0.3, 0.4) is 0 Å². The fourth-order valence-corrected chi connectivity index (χ4v) is 2.21. The molecule has 0 saturated heterocycles. The highest BCUT2D eigenvalue weighted by Gasteiger charge is 2.26. The predicted octanol–water partition coefficient (Wildman–Crippen LogP) is 4.76. The predicted molar refractivity (Wildman–Crippen MR) is 74.9 cm³/mol. The first-order valence-electron chi connectivity index (χ1n) is 7.31. The van der Waals surface area contributed by atoms with Gasteiger partial charge in [0.05, 0.1) is 0 Å². The van der Waals surface area contributed by atoms with Gasteiger partial charge < -0.3 is 5.32 Å². The molecule has 1 atom stereocenters. The Morgan fingerprint density at radius 3 is 2.06 bits per heavy atom. The molecule has 0 aliphatic heterocycles. The Labute approximate surface area is 103 Å². The molecule has 0 aromatic heterocycles. The maximum absolute atomic E-state index is 3.66. The summed E-state index contributed by atoms with van der Waals surface area (Å²) in [5.41, 5.74) is 0.445.